The average molecular weight is 307 g/mol. The summed E-state index contributed by atoms with van der Waals surface area (Å²) in [6.45, 7) is 1.86. The quantitative estimate of drug-likeness (QED) is 0.894. The van der Waals surface area contributed by atoms with Gasteiger partial charge in [0.1, 0.15) is 5.82 Å². The lowest BCUT2D eigenvalue weighted by Gasteiger charge is -2.20. The minimum atomic E-state index is -0.396. The molecule has 1 aliphatic rings. The number of amides is 3. The number of benzene rings is 1. The molecule has 1 heterocycles. The number of halogens is 1. The van der Waals surface area contributed by atoms with E-state index in [1.807, 2.05) is 4.90 Å². The predicted octanol–water partition coefficient (Wildman–Crippen LogP) is 2.03. The summed E-state index contributed by atoms with van der Waals surface area (Å²) < 4.78 is 12.8. The SMILES string of the molecule is O=C(NCC(=O)N1CCCCCC1)NCc1ccc(F)cc1. The highest BCUT2D eigenvalue weighted by molar-refractivity contribution is 5.83. The van der Waals surface area contributed by atoms with Crippen LogP contribution in [0.1, 0.15) is 31.2 Å². The molecule has 6 heteroatoms. The Morgan fingerprint density at radius 3 is 2.27 bits per heavy atom. The van der Waals surface area contributed by atoms with Crippen LogP contribution in [0.15, 0.2) is 24.3 Å². The highest BCUT2D eigenvalue weighted by atomic mass is 19.1. The molecule has 2 rings (SSSR count). The highest BCUT2D eigenvalue weighted by Crippen LogP contribution is 2.09. The van der Waals surface area contributed by atoms with Crippen LogP contribution in [0.5, 0.6) is 0 Å². The molecule has 0 saturated carbocycles. The number of hydrogen-bond donors (Lipinski definition) is 2. The van der Waals surface area contributed by atoms with Crippen LogP contribution in [0.2, 0.25) is 0 Å². The standard InChI is InChI=1S/C16H22FN3O2/c17-14-7-5-13(6-8-14)11-18-16(22)19-12-15(21)20-9-3-1-2-4-10-20/h5-8H,1-4,9-12H2,(H2,18,19,22). The minimum absolute atomic E-state index is 0.00918. The Morgan fingerprint density at radius 2 is 1.64 bits per heavy atom. The lowest BCUT2D eigenvalue weighted by molar-refractivity contribution is -0.130. The molecule has 1 aromatic carbocycles. The van der Waals surface area contributed by atoms with Crippen LogP contribution in [0, 0.1) is 5.82 Å². The van der Waals surface area contributed by atoms with Crippen molar-refractivity contribution in [3.63, 3.8) is 0 Å². The van der Waals surface area contributed by atoms with Gasteiger partial charge in [0.05, 0.1) is 6.54 Å². The zero-order valence-electron chi connectivity index (χ0n) is 12.6. The Kier molecular flexibility index (Phi) is 6.18. The molecule has 1 saturated heterocycles. The number of urea groups is 1. The van der Waals surface area contributed by atoms with Crippen LogP contribution in [0.25, 0.3) is 0 Å². The van der Waals surface area contributed by atoms with Gasteiger partial charge in [-0.25, -0.2) is 9.18 Å². The molecule has 0 spiro atoms. The van der Waals surface area contributed by atoms with E-state index in [4.69, 9.17) is 0 Å². The Hall–Kier alpha value is -2.11. The molecule has 1 fully saturated rings. The Bertz CT molecular complexity index is 497. The van der Waals surface area contributed by atoms with Gasteiger partial charge >= 0.3 is 6.03 Å². The van der Waals surface area contributed by atoms with Gasteiger partial charge < -0.3 is 15.5 Å². The average Bonchev–Trinajstić information content (AvgIpc) is 2.81. The monoisotopic (exact) mass is 307 g/mol. The molecule has 0 aromatic heterocycles. The van der Waals surface area contributed by atoms with Gasteiger partial charge in [-0.15, -0.1) is 0 Å². The molecule has 0 aliphatic carbocycles. The summed E-state index contributed by atoms with van der Waals surface area (Å²) in [5.74, 6) is -0.352. The maximum absolute atomic E-state index is 12.8. The fraction of sp³-hybridized carbons (Fsp3) is 0.500. The molecule has 0 bridgehead atoms. The van der Waals surface area contributed by atoms with Crippen molar-refractivity contribution in [2.75, 3.05) is 19.6 Å². The van der Waals surface area contributed by atoms with E-state index in [1.54, 1.807) is 12.1 Å². The molecule has 2 N–H and O–H groups in total. The van der Waals surface area contributed by atoms with Crippen LogP contribution in [0.4, 0.5) is 9.18 Å². The van der Waals surface area contributed by atoms with Crippen LogP contribution < -0.4 is 10.6 Å². The molecule has 1 aromatic rings. The lowest BCUT2D eigenvalue weighted by atomic mass is 10.2. The first-order valence-electron chi connectivity index (χ1n) is 7.69. The third kappa shape index (κ3) is 5.35. The van der Waals surface area contributed by atoms with Crippen LogP contribution in [-0.2, 0) is 11.3 Å². The molecule has 1 aliphatic heterocycles. The number of rotatable bonds is 4. The molecule has 0 radical (unpaired) electrons. The summed E-state index contributed by atoms with van der Waals surface area (Å²) in [6.07, 6.45) is 4.38. The number of likely N-dealkylation sites (tertiary alicyclic amines) is 1. The van der Waals surface area contributed by atoms with E-state index in [-0.39, 0.29) is 18.3 Å². The van der Waals surface area contributed by atoms with Gasteiger partial charge in [0, 0.05) is 19.6 Å². The minimum Gasteiger partial charge on any atom is -0.341 e. The summed E-state index contributed by atoms with van der Waals surface area (Å²) in [4.78, 5) is 25.5. The number of nitrogens with one attached hydrogen (secondary N) is 2. The van der Waals surface area contributed by atoms with E-state index in [1.165, 1.54) is 12.1 Å². The fourth-order valence-electron chi connectivity index (χ4n) is 2.43. The molecule has 0 unspecified atom stereocenters. The third-order valence-electron chi connectivity index (χ3n) is 3.73. The number of hydrogen-bond acceptors (Lipinski definition) is 2. The largest absolute Gasteiger partial charge is 0.341 e. The topological polar surface area (TPSA) is 61.4 Å². The zero-order chi connectivity index (χ0) is 15.8. The van der Waals surface area contributed by atoms with E-state index in [0.717, 1.165) is 44.3 Å². The maximum Gasteiger partial charge on any atom is 0.315 e. The summed E-state index contributed by atoms with van der Waals surface area (Å²) in [7, 11) is 0. The number of carbonyl (C=O) groups is 2. The first-order chi connectivity index (χ1) is 10.6. The second kappa shape index (κ2) is 8.36. The van der Waals surface area contributed by atoms with Gasteiger partial charge in [-0.3, -0.25) is 4.79 Å². The molecule has 5 nitrogen and oxygen atoms in total. The van der Waals surface area contributed by atoms with E-state index in [9.17, 15) is 14.0 Å². The van der Waals surface area contributed by atoms with E-state index in [2.05, 4.69) is 10.6 Å². The summed E-state index contributed by atoms with van der Waals surface area (Å²) in [6, 6.07) is 5.51. The Balaban J connectivity index is 1.68. The van der Waals surface area contributed by atoms with Crippen LogP contribution >= 0.6 is 0 Å². The molecular weight excluding hydrogens is 285 g/mol. The third-order valence-corrected chi connectivity index (χ3v) is 3.73. The normalized spacial score (nSPS) is 15.0. The smallest absolute Gasteiger partial charge is 0.315 e. The first-order valence-corrected chi connectivity index (χ1v) is 7.69. The van der Waals surface area contributed by atoms with Crippen molar-refractivity contribution in [3.05, 3.63) is 35.6 Å². The molecule has 22 heavy (non-hydrogen) atoms. The van der Waals surface area contributed by atoms with Crippen molar-refractivity contribution in [3.8, 4) is 0 Å². The highest BCUT2D eigenvalue weighted by Gasteiger charge is 2.15. The van der Waals surface area contributed by atoms with Gasteiger partial charge in [-0.2, -0.15) is 0 Å². The van der Waals surface area contributed by atoms with Crippen molar-refractivity contribution in [2.24, 2.45) is 0 Å². The fourth-order valence-corrected chi connectivity index (χ4v) is 2.43. The first kappa shape index (κ1) is 16.3. The predicted molar refractivity (Wildman–Crippen MR) is 81.7 cm³/mol. The van der Waals surface area contributed by atoms with Crippen molar-refractivity contribution in [1.29, 1.82) is 0 Å². The Morgan fingerprint density at radius 1 is 1.00 bits per heavy atom. The second-order valence-electron chi connectivity index (χ2n) is 5.46. The van der Waals surface area contributed by atoms with E-state index >= 15 is 0 Å². The number of carbonyl (C=O) groups excluding carboxylic acids is 2. The molecule has 120 valence electrons. The maximum atomic E-state index is 12.8. The van der Waals surface area contributed by atoms with Crippen molar-refractivity contribution >= 4 is 11.9 Å². The van der Waals surface area contributed by atoms with Gasteiger partial charge in [-0.1, -0.05) is 25.0 Å². The lowest BCUT2D eigenvalue weighted by Crippen LogP contribution is -2.43. The van der Waals surface area contributed by atoms with Gasteiger partial charge in [0.2, 0.25) is 5.91 Å². The Labute approximate surface area is 129 Å². The van der Waals surface area contributed by atoms with Crippen molar-refractivity contribution < 1.29 is 14.0 Å². The van der Waals surface area contributed by atoms with E-state index < -0.39 is 6.03 Å². The second-order valence-corrected chi connectivity index (χ2v) is 5.46. The number of nitrogens with zero attached hydrogens (tertiary/aromatic N) is 1. The van der Waals surface area contributed by atoms with Gasteiger partial charge in [0.15, 0.2) is 0 Å². The zero-order valence-corrected chi connectivity index (χ0v) is 12.6. The molecule has 3 amide bonds. The summed E-state index contributed by atoms with van der Waals surface area (Å²) in [5.41, 5.74) is 0.801. The van der Waals surface area contributed by atoms with E-state index in [0.29, 0.717) is 6.54 Å². The van der Waals surface area contributed by atoms with Gasteiger partial charge in [0.25, 0.3) is 0 Å². The van der Waals surface area contributed by atoms with Crippen LogP contribution in [-0.4, -0.2) is 36.5 Å². The van der Waals surface area contributed by atoms with Crippen molar-refractivity contribution in [2.45, 2.75) is 32.2 Å². The molecule has 0 atom stereocenters. The van der Waals surface area contributed by atoms with Crippen molar-refractivity contribution in [1.82, 2.24) is 15.5 Å². The van der Waals surface area contributed by atoms with Crippen LogP contribution in [0.3, 0.4) is 0 Å². The van der Waals surface area contributed by atoms with Gasteiger partial charge in [-0.05, 0) is 30.5 Å². The molecular formula is C16H22FN3O2. The summed E-state index contributed by atoms with van der Waals surface area (Å²) >= 11 is 0. The summed E-state index contributed by atoms with van der Waals surface area (Å²) in [5, 5.41) is 5.21.